The molecule has 3 heterocycles. The topological polar surface area (TPSA) is 311 Å². The van der Waals surface area contributed by atoms with Gasteiger partial charge in [-0.2, -0.15) is 0 Å². The minimum atomic E-state index is -2.25. The molecule has 13 N–H and O–H groups in total. The lowest BCUT2D eigenvalue weighted by Crippen LogP contribution is -2.62. The summed E-state index contributed by atoms with van der Waals surface area (Å²) in [7, 11) is 0. The second-order valence-corrected chi connectivity index (χ2v) is 18.1. The highest BCUT2D eigenvalue weighted by molar-refractivity contribution is 5.80. The first-order chi connectivity index (χ1) is 31.7. The summed E-state index contributed by atoms with van der Waals surface area (Å²) in [6.07, 6.45) is 5.04. The summed E-state index contributed by atoms with van der Waals surface area (Å²) in [5.41, 5.74) is 6.07. The third kappa shape index (κ3) is 19.5. The molecule has 0 aliphatic carbocycles. The van der Waals surface area contributed by atoms with Crippen LogP contribution in [0, 0.1) is 17.8 Å². The molecule has 2 bridgehead atoms. The quantitative estimate of drug-likeness (QED) is 0.173. The van der Waals surface area contributed by atoms with Crippen molar-refractivity contribution in [2.24, 2.45) is 23.5 Å². The van der Waals surface area contributed by atoms with E-state index < -0.39 is 147 Å². The molecule has 18 nitrogen and oxygen atoms in total. The molecule has 3 aliphatic heterocycles. The summed E-state index contributed by atoms with van der Waals surface area (Å²) in [4.78, 5) is 26.0. The van der Waals surface area contributed by atoms with E-state index in [0.717, 1.165) is 0 Å². The molecule has 3 aliphatic rings. The number of aliphatic hydroxyl groups excluding tert-OH is 9. The molecule has 0 radical (unpaired) electrons. The first-order valence-electron chi connectivity index (χ1n) is 23.4. The van der Waals surface area contributed by atoms with E-state index in [-0.39, 0.29) is 38.1 Å². The number of ether oxygens (including phenoxy) is 4. The van der Waals surface area contributed by atoms with Crippen molar-refractivity contribution in [3.63, 3.8) is 0 Å². The van der Waals surface area contributed by atoms with Gasteiger partial charge in [-0.15, -0.1) is 0 Å². The minimum absolute atomic E-state index is 0.0886. The van der Waals surface area contributed by atoms with E-state index in [0.29, 0.717) is 0 Å². The summed E-state index contributed by atoms with van der Waals surface area (Å²) < 4.78 is 23.6. The van der Waals surface area contributed by atoms with Crippen LogP contribution in [0.2, 0.25) is 0 Å². The summed E-state index contributed by atoms with van der Waals surface area (Å²) in [5, 5.41) is 112. The van der Waals surface area contributed by atoms with Gasteiger partial charge in [0, 0.05) is 44.1 Å². The highest BCUT2D eigenvalue weighted by Crippen LogP contribution is 2.38. The van der Waals surface area contributed by atoms with Gasteiger partial charge in [-0.3, -0.25) is 9.59 Å². The van der Waals surface area contributed by atoms with Crippen molar-refractivity contribution < 1.29 is 79.6 Å². The van der Waals surface area contributed by atoms with Crippen LogP contribution in [0.5, 0.6) is 0 Å². The Morgan fingerprint density at radius 2 is 1.28 bits per heavy atom. The van der Waals surface area contributed by atoms with Gasteiger partial charge in [-0.25, -0.2) is 0 Å². The third-order valence-electron chi connectivity index (χ3n) is 12.4. The highest BCUT2D eigenvalue weighted by Gasteiger charge is 2.50. The average molecular weight is 951 g/mol. The van der Waals surface area contributed by atoms with Gasteiger partial charge < -0.3 is 81.1 Å². The van der Waals surface area contributed by atoms with E-state index in [9.17, 15) is 60.7 Å². The van der Waals surface area contributed by atoms with E-state index >= 15 is 0 Å². The lowest BCUT2D eigenvalue weighted by Gasteiger charge is -2.46. The lowest BCUT2D eigenvalue weighted by molar-refractivity contribution is -0.307. The number of aliphatic hydroxyl groups is 10. The van der Waals surface area contributed by atoms with Gasteiger partial charge in [0.05, 0.1) is 85.5 Å². The Morgan fingerprint density at radius 3 is 1.88 bits per heavy atom. The number of hydrogen-bond donors (Lipinski definition) is 12. The van der Waals surface area contributed by atoms with Crippen LogP contribution in [0.25, 0.3) is 0 Å². The van der Waals surface area contributed by atoms with E-state index in [1.807, 2.05) is 49.5 Å². The van der Waals surface area contributed by atoms with Crippen molar-refractivity contribution in [1.82, 2.24) is 5.32 Å². The van der Waals surface area contributed by atoms with Crippen LogP contribution in [0.3, 0.4) is 0 Å². The van der Waals surface area contributed by atoms with Crippen LogP contribution < -0.4 is 11.1 Å². The monoisotopic (exact) mass is 951 g/mol. The number of carbonyl (C=O) groups is 2. The summed E-state index contributed by atoms with van der Waals surface area (Å²) in [5.74, 6) is -5.50. The number of esters is 1. The van der Waals surface area contributed by atoms with Crippen molar-refractivity contribution in [3.8, 4) is 0 Å². The van der Waals surface area contributed by atoms with Crippen molar-refractivity contribution in [1.29, 1.82) is 0 Å². The molecule has 0 unspecified atom stereocenters. The number of allylic oxidation sites excluding steroid dienone is 12. The molecule has 2 fully saturated rings. The predicted octanol–water partition coefficient (Wildman–Crippen LogP) is 0.763. The fourth-order valence-corrected chi connectivity index (χ4v) is 8.28. The van der Waals surface area contributed by atoms with Gasteiger partial charge in [-0.1, -0.05) is 98.9 Å². The SMILES string of the molecule is CCNC(=O)[C@H]1[C@@H]2C[C@@H](O[C@@H]3O[C@H](C)[C@@H](O)[C@H](N)[C@@H]3O)/C=C/C=C/C=C/C=C/C=C/C=C/C=C/[C@H](C)[C@@H](O)[C@@H](C)[C@H](C)OC(=O)C[C@H](O)C[C@H](O)CC[C@@H](O)[C@H](O)C[C@H](O)C[C@](O)(C[C@@H]1O)O2. The van der Waals surface area contributed by atoms with Crippen LogP contribution in [0.15, 0.2) is 85.1 Å². The normalized spacial score (nSPS) is 44.4. The van der Waals surface area contributed by atoms with Gasteiger partial charge in [0.1, 0.15) is 12.2 Å². The molecule has 380 valence electrons. The zero-order valence-electron chi connectivity index (χ0n) is 39.3. The van der Waals surface area contributed by atoms with E-state index in [1.54, 1.807) is 70.2 Å². The molecule has 0 spiro atoms. The van der Waals surface area contributed by atoms with Gasteiger partial charge in [0.15, 0.2) is 12.1 Å². The molecule has 0 aromatic carbocycles. The molecule has 18 heteroatoms. The number of carbonyl (C=O) groups excluding carboxylic acids is 2. The highest BCUT2D eigenvalue weighted by atomic mass is 16.7. The summed E-state index contributed by atoms with van der Waals surface area (Å²) in [6, 6.07) is -1.12. The number of fused-ring (bicyclic) bond motifs is 2. The van der Waals surface area contributed by atoms with Crippen molar-refractivity contribution in [2.75, 3.05) is 6.54 Å². The molecule has 2 saturated heterocycles. The molecule has 1 amide bonds. The zero-order chi connectivity index (χ0) is 49.8. The molecule has 0 saturated carbocycles. The third-order valence-corrected chi connectivity index (χ3v) is 12.4. The van der Waals surface area contributed by atoms with Gasteiger partial charge >= 0.3 is 5.97 Å². The Kier molecular flexibility index (Phi) is 25.0. The molecule has 3 rings (SSSR count). The fourth-order valence-electron chi connectivity index (χ4n) is 8.28. The van der Waals surface area contributed by atoms with Crippen LogP contribution in [-0.2, 0) is 28.5 Å². The van der Waals surface area contributed by atoms with E-state index in [4.69, 9.17) is 24.7 Å². The van der Waals surface area contributed by atoms with Crippen LogP contribution in [-0.4, -0.2) is 167 Å². The van der Waals surface area contributed by atoms with Crippen LogP contribution in [0.1, 0.15) is 86.0 Å². The first-order valence-corrected chi connectivity index (χ1v) is 23.4. The standard InChI is InChI=1S/C49H78N2O16/c1-6-51-47(62)42-39(57)28-49(63)27-35(54)24-38(56)37(55)22-21-33(52)23-34(53)25-41(58)64-31(4)30(3)44(59)29(2)19-17-15-13-11-9-7-8-10-12-14-16-18-20-36(26-40(42)67-49)66-48-46(61)43(50)45(60)32(5)65-48/h7-20,29-40,42-46,48,52-57,59-61,63H,6,21-28,50H2,1-5H3,(H,51,62)/b8-7+,11-9+,12-10+,15-13+,16-14+,19-17+,20-18+/t29-,30-,31-,32+,33+,34+,35-,36-,37+,38+,39-,40-,42+,43-,44+,45+,46-,48-,49+/m0/s1. The molecule has 19 atom stereocenters. The predicted molar refractivity (Wildman–Crippen MR) is 248 cm³/mol. The largest absolute Gasteiger partial charge is 0.462 e. The Bertz CT molecular complexity index is 1700. The lowest BCUT2D eigenvalue weighted by atomic mass is 9.82. The Balaban J connectivity index is 1.90. The van der Waals surface area contributed by atoms with Crippen molar-refractivity contribution in [3.05, 3.63) is 85.1 Å². The van der Waals surface area contributed by atoms with Gasteiger partial charge in [0.25, 0.3) is 0 Å². The number of cyclic esters (lactones) is 1. The molecule has 0 aromatic rings. The van der Waals surface area contributed by atoms with Gasteiger partial charge in [0.2, 0.25) is 5.91 Å². The van der Waals surface area contributed by atoms with Crippen molar-refractivity contribution >= 4 is 11.9 Å². The maximum Gasteiger partial charge on any atom is 0.308 e. The number of rotatable bonds is 4. The Morgan fingerprint density at radius 1 is 0.701 bits per heavy atom. The molecular formula is C49H78N2O16. The summed E-state index contributed by atoms with van der Waals surface area (Å²) in [6.45, 7) is 8.71. The smallest absolute Gasteiger partial charge is 0.308 e. The Hall–Kier alpha value is -3.44. The van der Waals surface area contributed by atoms with Crippen LogP contribution >= 0.6 is 0 Å². The van der Waals surface area contributed by atoms with Crippen LogP contribution in [0.4, 0.5) is 0 Å². The second-order valence-electron chi connectivity index (χ2n) is 18.1. The Labute approximate surface area is 394 Å². The molecule has 0 aromatic heterocycles. The number of hydrogen-bond acceptors (Lipinski definition) is 17. The van der Waals surface area contributed by atoms with Crippen molar-refractivity contribution in [2.45, 2.75) is 183 Å². The zero-order valence-corrected chi connectivity index (χ0v) is 39.3. The number of amides is 1. The maximum atomic E-state index is 13.4. The number of nitrogens with two attached hydrogens (primary N) is 1. The first kappa shape index (κ1) is 57.9. The van der Waals surface area contributed by atoms with E-state index in [2.05, 4.69) is 5.32 Å². The second kappa shape index (κ2) is 28.9. The molecular weight excluding hydrogens is 873 g/mol. The number of nitrogens with one attached hydrogen (secondary N) is 1. The minimum Gasteiger partial charge on any atom is -0.462 e. The van der Waals surface area contributed by atoms with Gasteiger partial charge in [-0.05, 0) is 40.0 Å². The average Bonchev–Trinajstić information content (AvgIpc) is 3.25. The molecule has 67 heavy (non-hydrogen) atoms. The summed E-state index contributed by atoms with van der Waals surface area (Å²) >= 11 is 0. The maximum absolute atomic E-state index is 13.4. The van der Waals surface area contributed by atoms with E-state index in [1.165, 1.54) is 0 Å². The fraction of sp³-hybridized carbons (Fsp3) is 0.673.